The molecule has 1 aliphatic carbocycles. The predicted octanol–water partition coefficient (Wildman–Crippen LogP) is 1.93. The molecule has 0 radical (unpaired) electrons. The van der Waals surface area contributed by atoms with E-state index in [-0.39, 0.29) is 23.9 Å². The summed E-state index contributed by atoms with van der Waals surface area (Å²) >= 11 is 0. The minimum atomic E-state index is -0.396. The van der Waals surface area contributed by atoms with Crippen LogP contribution in [0.25, 0.3) is 11.0 Å². The highest BCUT2D eigenvalue weighted by Gasteiger charge is 2.43. The molecule has 0 saturated carbocycles. The molecule has 2 aliphatic heterocycles. The summed E-state index contributed by atoms with van der Waals surface area (Å²) in [6.45, 7) is 0.857. The number of carbonyl (C=O) groups excluding carboxylic acids is 1. The molecule has 1 aromatic carbocycles. The fourth-order valence-electron chi connectivity index (χ4n) is 4.16. The van der Waals surface area contributed by atoms with Crippen LogP contribution in [-0.4, -0.2) is 37.6 Å². The molecule has 1 amide bonds. The van der Waals surface area contributed by atoms with Crippen molar-refractivity contribution >= 4 is 17.1 Å². The minimum Gasteiger partial charge on any atom is -0.491 e. The van der Waals surface area contributed by atoms with Gasteiger partial charge in [0, 0.05) is 17.6 Å². The number of rotatable bonds is 3. The van der Waals surface area contributed by atoms with E-state index < -0.39 is 6.09 Å². The van der Waals surface area contributed by atoms with E-state index in [4.69, 9.17) is 18.6 Å². The van der Waals surface area contributed by atoms with Crippen LogP contribution in [0.3, 0.4) is 0 Å². The first-order valence-corrected chi connectivity index (χ1v) is 8.99. The van der Waals surface area contributed by atoms with Crippen LogP contribution >= 0.6 is 0 Å². The second-order valence-corrected chi connectivity index (χ2v) is 6.99. The average molecular weight is 357 g/mol. The van der Waals surface area contributed by atoms with Gasteiger partial charge < -0.3 is 23.9 Å². The zero-order valence-electron chi connectivity index (χ0n) is 14.2. The van der Waals surface area contributed by atoms with Crippen molar-refractivity contribution < 1.29 is 23.4 Å². The van der Waals surface area contributed by atoms with E-state index in [0.29, 0.717) is 24.5 Å². The van der Waals surface area contributed by atoms with Gasteiger partial charge in [0.2, 0.25) is 0 Å². The number of nitrogens with one attached hydrogen (secondary N) is 1. The van der Waals surface area contributed by atoms with Crippen molar-refractivity contribution in [3.63, 3.8) is 0 Å². The number of amides is 1. The van der Waals surface area contributed by atoms with Crippen molar-refractivity contribution in [1.29, 1.82) is 0 Å². The molecule has 0 unspecified atom stereocenters. The molecule has 5 rings (SSSR count). The molecular weight excluding hydrogens is 338 g/mol. The van der Waals surface area contributed by atoms with Gasteiger partial charge in [-0.15, -0.1) is 0 Å². The smallest absolute Gasteiger partial charge is 0.407 e. The van der Waals surface area contributed by atoms with Crippen LogP contribution in [0.5, 0.6) is 5.75 Å². The third-order valence-electron chi connectivity index (χ3n) is 5.43. The van der Waals surface area contributed by atoms with E-state index in [1.165, 1.54) is 0 Å². The largest absolute Gasteiger partial charge is 0.491 e. The number of fused-ring (bicyclic) bond motifs is 4. The van der Waals surface area contributed by atoms with Crippen molar-refractivity contribution in [2.45, 2.75) is 43.9 Å². The van der Waals surface area contributed by atoms with Gasteiger partial charge in [0.15, 0.2) is 6.10 Å². The van der Waals surface area contributed by atoms with Gasteiger partial charge in [0.25, 0.3) is 0 Å². The Morgan fingerprint density at radius 3 is 3.00 bits per heavy atom. The Bertz CT molecular complexity index is 936. The molecule has 3 atom stereocenters. The maximum atomic E-state index is 12.0. The topological polar surface area (TPSA) is 87.0 Å². The molecule has 1 aromatic heterocycles. The second kappa shape index (κ2) is 6.02. The van der Waals surface area contributed by atoms with Gasteiger partial charge >= 0.3 is 11.7 Å². The summed E-state index contributed by atoms with van der Waals surface area (Å²) in [6, 6.07) is 5.46. The van der Waals surface area contributed by atoms with E-state index in [0.717, 1.165) is 42.2 Å². The summed E-state index contributed by atoms with van der Waals surface area (Å²) in [7, 11) is 0. The fourth-order valence-corrected chi connectivity index (χ4v) is 4.16. The average Bonchev–Trinajstić information content (AvgIpc) is 3.26. The monoisotopic (exact) mass is 357 g/mol. The molecule has 0 bridgehead atoms. The number of carbonyl (C=O) groups is 1. The van der Waals surface area contributed by atoms with Gasteiger partial charge in [-0.2, -0.15) is 0 Å². The summed E-state index contributed by atoms with van der Waals surface area (Å²) in [5.41, 5.74) is 2.23. The third-order valence-corrected chi connectivity index (χ3v) is 5.43. The minimum absolute atomic E-state index is 0.0148. The van der Waals surface area contributed by atoms with Gasteiger partial charge in [0.1, 0.15) is 24.0 Å². The summed E-state index contributed by atoms with van der Waals surface area (Å²) in [6.07, 6.45) is 2.36. The van der Waals surface area contributed by atoms with E-state index in [9.17, 15) is 9.59 Å². The van der Waals surface area contributed by atoms with Crippen LogP contribution in [0.4, 0.5) is 4.79 Å². The SMILES string of the molecule is O=C1N[C@H]2CCO[C@H](COc3ccc4oc(=O)c5c(c4c3)CCC5)[C@H]2O1. The predicted molar refractivity (Wildman–Crippen MR) is 91.6 cm³/mol. The van der Waals surface area contributed by atoms with Gasteiger partial charge in [-0.3, -0.25) is 0 Å². The fraction of sp³-hybridized carbons (Fsp3) is 0.474. The molecule has 3 heterocycles. The molecule has 2 fully saturated rings. The molecule has 1 N–H and O–H groups in total. The maximum absolute atomic E-state index is 12.0. The van der Waals surface area contributed by atoms with Crippen LogP contribution in [0.15, 0.2) is 27.4 Å². The van der Waals surface area contributed by atoms with E-state index >= 15 is 0 Å². The second-order valence-electron chi connectivity index (χ2n) is 6.99. The Balaban J connectivity index is 1.38. The summed E-state index contributed by atoms with van der Waals surface area (Å²) in [5.74, 6) is 0.684. The van der Waals surface area contributed by atoms with Crippen LogP contribution in [-0.2, 0) is 22.3 Å². The number of alkyl carbamates (subject to hydrolysis) is 1. The zero-order valence-corrected chi connectivity index (χ0v) is 14.2. The van der Waals surface area contributed by atoms with E-state index in [2.05, 4.69) is 5.32 Å². The molecule has 7 nitrogen and oxygen atoms in total. The molecular formula is C19H19NO6. The zero-order chi connectivity index (χ0) is 17.7. The lowest BCUT2D eigenvalue weighted by molar-refractivity contribution is -0.0849. The molecule has 26 heavy (non-hydrogen) atoms. The van der Waals surface area contributed by atoms with Gasteiger partial charge in [-0.1, -0.05) is 0 Å². The highest BCUT2D eigenvalue weighted by Crippen LogP contribution is 2.30. The Kier molecular flexibility index (Phi) is 3.63. The van der Waals surface area contributed by atoms with Crippen LogP contribution in [0.1, 0.15) is 24.0 Å². The van der Waals surface area contributed by atoms with Crippen LogP contribution < -0.4 is 15.7 Å². The summed E-state index contributed by atoms with van der Waals surface area (Å²) in [4.78, 5) is 23.5. The molecule has 2 aromatic rings. The summed E-state index contributed by atoms with van der Waals surface area (Å²) < 4.78 is 22.4. The number of hydrogen-bond donors (Lipinski definition) is 1. The number of ether oxygens (including phenoxy) is 3. The number of aryl methyl sites for hydroxylation is 1. The van der Waals surface area contributed by atoms with Crippen molar-refractivity contribution in [3.8, 4) is 5.75 Å². The van der Waals surface area contributed by atoms with Gasteiger partial charge in [-0.25, -0.2) is 9.59 Å². The molecule has 0 spiro atoms. The quantitative estimate of drug-likeness (QED) is 0.845. The molecule has 136 valence electrons. The highest BCUT2D eigenvalue weighted by atomic mass is 16.6. The number of hydrogen-bond acceptors (Lipinski definition) is 6. The Morgan fingerprint density at radius 2 is 2.08 bits per heavy atom. The first-order valence-electron chi connectivity index (χ1n) is 8.99. The maximum Gasteiger partial charge on any atom is 0.407 e. The normalized spacial score (nSPS) is 26.9. The highest BCUT2D eigenvalue weighted by molar-refractivity contribution is 5.83. The van der Waals surface area contributed by atoms with Crippen molar-refractivity contribution in [1.82, 2.24) is 5.32 Å². The first-order chi connectivity index (χ1) is 12.7. The van der Waals surface area contributed by atoms with Crippen molar-refractivity contribution in [3.05, 3.63) is 39.7 Å². The Hall–Kier alpha value is -2.54. The van der Waals surface area contributed by atoms with E-state index in [1.54, 1.807) is 12.1 Å². The van der Waals surface area contributed by atoms with Crippen molar-refractivity contribution in [2.75, 3.05) is 13.2 Å². The van der Waals surface area contributed by atoms with E-state index in [1.807, 2.05) is 6.07 Å². The van der Waals surface area contributed by atoms with Gasteiger partial charge in [-0.05, 0) is 49.4 Å². The lowest BCUT2D eigenvalue weighted by Gasteiger charge is -2.31. The van der Waals surface area contributed by atoms with Crippen LogP contribution in [0, 0.1) is 0 Å². The molecule has 2 saturated heterocycles. The van der Waals surface area contributed by atoms with Gasteiger partial charge in [0.05, 0.1) is 6.04 Å². The molecule has 7 heteroatoms. The van der Waals surface area contributed by atoms with Crippen molar-refractivity contribution in [2.24, 2.45) is 0 Å². The van der Waals surface area contributed by atoms with Crippen LogP contribution in [0.2, 0.25) is 0 Å². The third kappa shape index (κ3) is 2.54. The number of benzene rings is 1. The molecule has 3 aliphatic rings. The first kappa shape index (κ1) is 15.7. The summed E-state index contributed by atoms with van der Waals surface area (Å²) in [5, 5.41) is 3.74. The Morgan fingerprint density at radius 1 is 1.19 bits per heavy atom. The standard InChI is InChI=1S/C19H19NO6/c21-18-12-3-1-2-11(12)13-8-10(4-5-15(13)25-18)24-9-16-17-14(6-7-23-16)20-19(22)26-17/h4-5,8,14,16-17H,1-3,6-7,9H2,(H,20,22)/t14-,16+,17-/m0/s1. The lowest BCUT2D eigenvalue weighted by Crippen LogP contribution is -2.48. The Labute approximate surface area is 149 Å². The lowest BCUT2D eigenvalue weighted by atomic mass is 10.0.